The molecule has 1 unspecified atom stereocenters. The van der Waals surface area contributed by atoms with Gasteiger partial charge in [0.1, 0.15) is 5.54 Å². The monoisotopic (exact) mass is 231 g/mol. The number of nitrogens with two attached hydrogens (primary N) is 1. The lowest BCUT2D eigenvalue weighted by Gasteiger charge is -2.37. The molecule has 17 heavy (non-hydrogen) atoms. The van der Waals surface area contributed by atoms with Gasteiger partial charge < -0.3 is 16.0 Å². The van der Waals surface area contributed by atoms with Gasteiger partial charge in [-0.25, -0.2) is 0 Å². The first-order valence-corrected chi connectivity index (χ1v) is 6.10. The van der Waals surface area contributed by atoms with Gasteiger partial charge in [0.05, 0.1) is 0 Å². The van der Waals surface area contributed by atoms with Crippen LogP contribution in [-0.4, -0.2) is 31.1 Å². The number of rotatable bonds is 2. The molecule has 2 heterocycles. The summed E-state index contributed by atoms with van der Waals surface area (Å²) in [7, 11) is 0. The molecule has 1 aromatic rings. The van der Waals surface area contributed by atoms with Crippen molar-refractivity contribution in [2.75, 3.05) is 24.5 Å². The van der Waals surface area contributed by atoms with Crippen LogP contribution in [0.25, 0.3) is 0 Å². The summed E-state index contributed by atoms with van der Waals surface area (Å²) in [5, 5.41) is 3.26. The van der Waals surface area contributed by atoms with Crippen molar-refractivity contribution in [2.45, 2.75) is 18.4 Å². The molecular formula is C13H17N3O. The molecule has 1 amide bonds. The summed E-state index contributed by atoms with van der Waals surface area (Å²) in [5.41, 5.74) is 7.62. The van der Waals surface area contributed by atoms with E-state index >= 15 is 0 Å². The summed E-state index contributed by atoms with van der Waals surface area (Å²) < 4.78 is 0. The highest BCUT2D eigenvalue weighted by atomic mass is 16.1. The number of carbonyl (C=O) groups excluding carboxylic acids is 1. The summed E-state index contributed by atoms with van der Waals surface area (Å²) in [4.78, 5) is 14.1. The van der Waals surface area contributed by atoms with Crippen molar-refractivity contribution in [3.8, 4) is 0 Å². The van der Waals surface area contributed by atoms with E-state index in [0.717, 1.165) is 25.9 Å². The van der Waals surface area contributed by atoms with E-state index < -0.39 is 5.54 Å². The maximum Gasteiger partial charge on any atom is 0.244 e. The number of amides is 1. The maximum atomic E-state index is 11.9. The number of nitrogens with zero attached hydrogens (tertiary/aromatic N) is 1. The smallest absolute Gasteiger partial charge is 0.244 e. The second-order valence-corrected chi connectivity index (χ2v) is 4.85. The molecule has 4 heteroatoms. The van der Waals surface area contributed by atoms with E-state index in [-0.39, 0.29) is 5.91 Å². The molecule has 1 aromatic carbocycles. The molecule has 0 spiro atoms. The molecule has 0 aromatic heterocycles. The highest BCUT2D eigenvalue weighted by Gasteiger charge is 2.46. The number of carbonyl (C=O) groups is 1. The summed E-state index contributed by atoms with van der Waals surface area (Å²) in [6.07, 6.45) is 1.81. The molecule has 4 nitrogen and oxygen atoms in total. The van der Waals surface area contributed by atoms with E-state index in [1.807, 2.05) is 12.1 Å². The van der Waals surface area contributed by atoms with Gasteiger partial charge in [0.15, 0.2) is 0 Å². The SMILES string of the molecule is NC(=O)C1(N2CCc3ccccc32)CCNC1. The fourth-order valence-corrected chi connectivity index (χ4v) is 3.04. The first-order chi connectivity index (χ1) is 8.24. The molecule has 90 valence electrons. The van der Waals surface area contributed by atoms with Crippen molar-refractivity contribution in [1.82, 2.24) is 5.32 Å². The minimum atomic E-state index is -0.521. The van der Waals surface area contributed by atoms with Gasteiger partial charge in [-0.2, -0.15) is 0 Å². The van der Waals surface area contributed by atoms with E-state index in [1.165, 1.54) is 11.3 Å². The van der Waals surface area contributed by atoms with Crippen LogP contribution in [0.5, 0.6) is 0 Å². The number of hydrogen-bond acceptors (Lipinski definition) is 3. The number of para-hydroxylation sites is 1. The number of benzene rings is 1. The van der Waals surface area contributed by atoms with E-state index in [0.29, 0.717) is 6.54 Å². The van der Waals surface area contributed by atoms with Crippen LogP contribution < -0.4 is 16.0 Å². The van der Waals surface area contributed by atoms with Crippen molar-refractivity contribution in [2.24, 2.45) is 5.73 Å². The van der Waals surface area contributed by atoms with Crippen LogP contribution in [0.15, 0.2) is 24.3 Å². The first kappa shape index (κ1) is 10.6. The molecule has 3 N–H and O–H groups in total. The summed E-state index contributed by atoms with van der Waals surface area (Å²) in [5.74, 6) is -0.209. The standard InChI is InChI=1S/C13H17N3O/c14-12(17)13(6-7-15-9-13)16-8-5-10-3-1-2-4-11(10)16/h1-4,15H,5-9H2,(H2,14,17). The van der Waals surface area contributed by atoms with Gasteiger partial charge in [0, 0.05) is 18.8 Å². The number of fused-ring (bicyclic) bond motifs is 1. The van der Waals surface area contributed by atoms with Crippen LogP contribution in [0.2, 0.25) is 0 Å². The molecule has 0 radical (unpaired) electrons. The molecule has 1 atom stereocenters. The van der Waals surface area contributed by atoms with E-state index in [4.69, 9.17) is 5.73 Å². The molecule has 2 aliphatic heterocycles. The Morgan fingerprint density at radius 1 is 1.41 bits per heavy atom. The molecule has 1 fully saturated rings. The Kier molecular flexibility index (Phi) is 2.33. The Morgan fingerprint density at radius 2 is 2.24 bits per heavy atom. The van der Waals surface area contributed by atoms with Gasteiger partial charge in [-0.3, -0.25) is 4.79 Å². The van der Waals surface area contributed by atoms with Gasteiger partial charge in [-0.15, -0.1) is 0 Å². The second-order valence-electron chi connectivity index (χ2n) is 4.85. The summed E-state index contributed by atoms with van der Waals surface area (Å²) in [6, 6.07) is 8.29. The van der Waals surface area contributed by atoms with E-state index in [1.54, 1.807) is 0 Å². The van der Waals surface area contributed by atoms with Crippen LogP contribution >= 0.6 is 0 Å². The lowest BCUT2D eigenvalue weighted by molar-refractivity contribution is -0.122. The van der Waals surface area contributed by atoms with Crippen LogP contribution in [0.3, 0.4) is 0 Å². The molecule has 3 rings (SSSR count). The molecule has 2 aliphatic rings. The fraction of sp³-hybridized carbons (Fsp3) is 0.462. The predicted molar refractivity (Wildman–Crippen MR) is 66.9 cm³/mol. The zero-order chi connectivity index (χ0) is 11.9. The highest BCUT2D eigenvalue weighted by molar-refractivity contribution is 5.90. The summed E-state index contributed by atoms with van der Waals surface area (Å²) >= 11 is 0. The molecule has 0 aliphatic carbocycles. The minimum absolute atomic E-state index is 0.209. The average molecular weight is 231 g/mol. The van der Waals surface area contributed by atoms with Crippen molar-refractivity contribution < 1.29 is 4.79 Å². The first-order valence-electron chi connectivity index (χ1n) is 6.10. The Morgan fingerprint density at radius 3 is 2.94 bits per heavy atom. The summed E-state index contributed by atoms with van der Waals surface area (Å²) in [6.45, 7) is 2.42. The maximum absolute atomic E-state index is 11.9. The molecule has 0 bridgehead atoms. The van der Waals surface area contributed by atoms with Gasteiger partial charge in [0.2, 0.25) is 5.91 Å². The Balaban J connectivity index is 2.02. The fourth-order valence-electron chi connectivity index (χ4n) is 3.04. The number of nitrogens with one attached hydrogen (secondary N) is 1. The third kappa shape index (κ3) is 1.44. The number of hydrogen-bond donors (Lipinski definition) is 2. The zero-order valence-electron chi connectivity index (χ0n) is 9.78. The lowest BCUT2D eigenvalue weighted by Crippen LogP contribution is -2.58. The average Bonchev–Trinajstić information content (AvgIpc) is 2.95. The quantitative estimate of drug-likeness (QED) is 0.768. The third-order valence-electron chi connectivity index (χ3n) is 4.00. The largest absolute Gasteiger partial charge is 0.368 e. The van der Waals surface area contributed by atoms with E-state index in [2.05, 4.69) is 22.3 Å². The zero-order valence-corrected chi connectivity index (χ0v) is 9.78. The van der Waals surface area contributed by atoms with E-state index in [9.17, 15) is 4.79 Å². The van der Waals surface area contributed by atoms with Crippen LogP contribution in [0.4, 0.5) is 5.69 Å². The Labute approximate surface area is 101 Å². The van der Waals surface area contributed by atoms with Gasteiger partial charge in [-0.1, -0.05) is 18.2 Å². The van der Waals surface area contributed by atoms with Crippen LogP contribution in [0, 0.1) is 0 Å². The third-order valence-corrected chi connectivity index (χ3v) is 4.00. The number of primary amides is 1. The predicted octanol–water partition coefficient (Wildman–Crippen LogP) is 0.266. The van der Waals surface area contributed by atoms with Crippen molar-refractivity contribution >= 4 is 11.6 Å². The molecule has 1 saturated heterocycles. The Hall–Kier alpha value is -1.55. The minimum Gasteiger partial charge on any atom is -0.368 e. The van der Waals surface area contributed by atoms with Gasteiger partial charge >= 0.3 is 0 Å². The normalized spacial score (nSPS) is 27.2. The topological polar surface area (TPSA) is 58.4 Å². The number of anilines is 1. The van der Waals surface area contributed by atoms with Crippen molar-refractivity contribution in [3.05, 3.63) is 29.8 Å². The lowest BCUT2D eigenvalue weighted by atomic mass is 9.95. The van der Waals surface area contributed by atoms with Crippen molar-refractivity contribution in [3.63, 3.8) is 0 Å². The molecular weight excluding hydrogens is 214 g/mol. The van der Waals surface area contributed by atoms with Gasteiger partial charge in [-0.05, 0) is 31.0 Å². The van der Waals surface area contributed by atoms with Crippen LogP contribution in [0.1, 0.15) is 12.0 Å². The second kappa shape index (κ2) is 3.74. The molecule has 0 saturated carbocycles. The Bertz CT molecular complexity index is 452. The van der Waals surface area contributed by atoms with Crippen LogP contribution in [-0.2, 0) is 11.2 Å². The van der Waals surface area contributed by atoms with Gasteiger partial charge in [0.25, 0.3) is 0 Å². The van der Waals surface area contributed by atoms with Crippen molar-refractivity contribution in [1.29, 1.82) is 0 Å². The highest BCUT2D eigenvalue weighted by Crippen LogP contribution is 2.36.